The van der Waals surface area contributed by atoms with Crippen LogP contribution in [0, 0.1) is 5.92 Å². The van der Waals surface area contributed by atoms with Crippen molar-refractivity contribution in [2.24, 2.45) is 5.92 Å². The first-order valence-electron chi connectivity index (χ1n) is 11.4. The summed E-state index contributed by atoms with van der Waals surface area (Å²) in [5, 5.41) is 3.27. The second kappa shape index (κ2) is 8.72. The molecule has 1 N–H and O–H groups in total. The Hall–Kier alpha value is -2.47. The van der Waals surface area contributed by atoms with Gasteiger partial charge in [-0.15, -0.1) is 0 Å². The molecular weight excluding hydrogens is 376 g/mol. The van der Waals surface area contributed by atoms with E-state index in [1.165, 1.54) is 11.3 Å². The van der Waals surface area contributed by atoms with Gasteiger partial charge < -0.3 is 15.0 Å². The van der Waals surface area contributed by atoms with E-state index in [4.69, 9.17) is 14.7 Å². The lowest BCUT2D eigenvalue weighted by Crippen LogP contribution is -2.47. The molecule has 2 fully saturated rings. The molecule has 2 aliphatic heterocycles. The molecule has 30 heavy (non-hydrogen) atoms. The van der Waals surface area contributed by atoms with Gasteiger partial charge in [0, 0.05) is 49.2 Å². The average molecular weight is 407 g/mol. The Balaban J connectivity index is 1.37. The van der Waals surface area contributed by atoms with Crippen LogP contribution in [0.1, 0.15) is 43.4 Å². The van der Waals surface area contributed by atoms with Gasteiger partial charge in [-0.25, -0.2) is 9.97 Å². The van der Waals surface area contributed by atoms with E-state index < -0.39 is 0 Å². The van der Waals surface area contributed by atoms with Crippen LogP contribution in [0.25, 0.3) is 11.4 Å². The van der Waals surface area contributed by atoms with E-state index in [2.05, 4.69) is 22.3 Å². The highest BCUT2D eigenvalue weighted by Gasteiger charge is 2.31. The second-order valence-corrected chi connectivity index (χ2v) is 8.70. The summed E-state index contributed by atoms with van der Waals surface area (Å²) >= 11 is 0. The zero-order valence-electron chi connectivity index (χ0n) is 17.5. The predicted molar refractivity (Wildman–Crippen MR) is 116 cm³/mol. The molecule has 2 aromatic rings. The molecule has 2 saturated heterocycles. The molecule has 158 valence electrons. The Morgan fingerprint density at radius 2 is 1.87 bits per heavy atom. The van der Waals surface area contributed by atoms with Crippen molar-refractivity contribution in [1.29, 1.82) is 0 Å². The van der Waals surface area contributed by atoms with Gasteiger partial charge in [0.05, 0.1) is 5.92 Å². The van der Waals surface area contributed by atoms with E-state index in [0.717, 1.165) is 88.5 Å². The molecule has 0 saturated carbocycles. The fourth-order valence-electron chi connectivity index (χ4n) is 4.94. The molecule has 1 aromatic carbocycles. The third-order valence-corrected chi connectivity index (χ3v) is 6.60. The summed E-state index contributed by atoms with van der Waals surface area (Å²) in [7, 11) is 0. The topological polar surface area (TPSA) is 67.3 Å². The predicted octanol–water partition coefficient (Wildman–Crippen LogP) is 3.14. The molecule has 3 heterocycles. The first-order chi connectivity index (χ1) is 14.8. The number of benzene rings is 1. The third kappa shape index (κ3) is 4.06. The number of nitrogens with one attached hydrogen (secondary N) is 1. The minimum atomic E-state index is 0.0220. The van der Waals surface area contributed by atoms with Crippen molar-refractivity contribution in [3.05, 3.63) is 41.6 Å². The third-order valence-electron chi connectivity index (χ3n) is 6.60. The van der Waals surface area contributed by atoms with Crippen molar-refractivity contribution in [3.8, 4) is 11.4 Å². The van der Waals surface area contributed by atoms with E-state index in [1.807, 2.05) is 18.2 Å². The van der Waals surface area contributed by atoms with E-state index >= 15 is 0 Å². The van der Waals surface area contributed by atoms with Crippen LogP contribution in [0.3, 0.4) is 0 Å². The van der Waals surface area contributed by atoms with Crippen molar-refractivity contribution in [3.63, 3.8) is 0 Å². The first kappa shape index (κ1) is 19.5. The normalized spacial score (nSPS) is 22.0. The van der Waals surface area contributed by atoms with Gasteiger partial charge in [-0.05, 0) is 44.9 Å². The molecule has 1 atom stereocenters. The molecule has 5 rings (SSSR count). The van der Waals surface area contributed by atoms with Gasteiger partial charge in [0.2, 0.25) is 5.91 Å². The number of anilines is 1. The van der Waals surface area contributed by atoms with Crippen molar-refractivity contribution in [2.45, 2.75) is 51.0 Å². The Labute approximate surface area is 178 Å². The molecule has 0 radical (unpaired) electrons. The molecule has 0 bridgehead atoms. The molecule has 3 aliphatic rings. The van der Waals surface area contributed by atoms with Crippen LogP contribution >= 0.6 is 0 Å². The van der Waals surface area contributed by atoms with Crippen molar-refractivity contribution in [1.82, 2.24) is 15.3 Å². The summed E-state index contributed by atoms with van der Waals surface area (Å²) < 4.78 is 5.42. The lowest BCUT2D eigenvalue weighted by Gasteiger charge is -2.35. The number of amides is 1. The van der Waals surface area contributed by atoms with Gasteiger partial charge in [-0.3, -0.25) is 4.79 Å². The number of piperidine rings is 1. The molecule has 6 heteroatoms. The van der Waals surface area contributed by atoms with Crippen LogP contribution in [0.15, 0.2) is 30.3 Å². The Bertz CT molecular complexity index is 896. The average Bonchev–Trinajstić information content (AvgIpc) is 3.28. The van der Waals surface area contributed by atoms with Crippen LogP contribution in [0.5, 0.6) is 0 Å². The number of rotatable bonds is 4. The fraction of sp³-hybridized carbons (Fsp3) is 0.542. The first-order valence-corrected chi connectivity index (χ1v) is 11.4. The highest BCUT2D eigenvalue weighted by Crippen LogP contribution is 2.33. The SMILES string of the molecule is O=C(NC1CCOCC1)C1CCCN(c2nc(-c3ccccc3)nc3c2CCC3)C1. The number of hydrogen-bond acceptors (Lipinski definition) is 5. The largest absolute Gasteiger partial charge is 0.381 e. The Kier molecular flexibility index (Phi) is 5.67. The maximum absolute atomic E-state index is 13.0. The maximum Gasteiger partial charge on any atom is 0.225 e. The molecule has 1 aromatic heterocycles. The van der Waals surface area contributed by atoms with Gasteiger partial charge in [0.15, 0.2) is 5.82 Å². The van der Waals surface area contributed by atoms with Crippen LogP contribution in [-0.4, -0.2) is 48.2 Å². The smallest absolute Gasteiger partial charge is 0.225 e. The molecule has 6 nitrogen and oxygen atoms in total. The van der Waals surface area contributed by atoms with Crippen LogP contribution in [-0.2, 0) is 22.4 Å². The van der Waals surface area contributed by atoms with Crippen molar-refractivity contribution in [2.75, 3.05) is 31.2 Å². The lowest BCUT2D eigenvalue weighted by atomic mass is 9.95. The van der Waals surface area contributed by atoms with E-state index in [9.17, 15) is 4.79 Å². The lowest BCUT2D eigenvalue weighted by molar-refractivity contribution is -0.126. The van der Waals surface area contributed by atoms with Gasteiger partial charge >= 0.3 is 0 Å². The monoisotopic (exact) mass is 406 g/mol. The Morgan fingerprint density at radius 3 is 2.70 bits per heavy atom. The number of carbonyl (C=O) groups is 1. The van der Waals surface area contributed by atoms with Crippen LogP contribution < -0.4 is 10.2 Å². The van der Waals surface area contributed by atoms with E-state index in [-0.39, 0.29) is 17.9 Å². The number of aromatic nitrogens is 2. The molecule has 1 amide bonds. The summed E-state index contributed by atoms with van der Waals surface area (Å²) in [5.74, 6) is 2.08. The molecule has 1 aliphatic carbocycles. The minimum Gasteiger partial charge on any atom is -0.381 e. The molecule has 1 unspecified atom stereocenters. The number of aryl methyl sites for hydroxylation is 1. The second-order valence-electron chi connectivity index (χ2n) is 8.70. The van der Waals surface area contributed by atoms with Crippen molar-refractivity contribution >= 4 is 11.7 Å². The van der Waals surface area contributed by atoms with E-state index in [0.29, 0.717) is 0 Å². The number of nitrogens with zero attached hydrogens (tertiary/aromatic N) is 3. The van der Waals surface area contributed by atoms with Crippen LogP contribution in [0.4, 0.5) is 5.82 Å². The number of carbonyl (C=O) groups excluding carboxylic acids is 1. The Morgan fingerprint density at radius 1 is 1.03 bits per heavy atom. The van der Waals surface area contributed by atoms with E-state index in [1.54, 1.807) is 0 Å². The minimum absolute atomic E-state index is 0.0220. The highest BCUT2D eigenvalue weighted by molar-refractivity contribution is 5.80. The van der Waals surface area contributed by atoms with Gasteiger partial charge in [0.25, 0.3) is 0 Å². The molecular formula is C24H30N4O2. The summed E-state index contributed by atoms with van der Waals surface area (Å²) in [6.07, 6.45) is 7.00. The molecule has 0 spiro atoms. The fourth-order valence-corrected chi connectivity index (χ4v) is 4.94. The van der Waals surface area contributed by atoms with Crippen LogP contribution in [0.2, 0.25) is 0 Å². The number of hydrogen-bond donors (Lipinski definition) is 1. The highest BCUT2D eigenvalue weighted by atomic mass is 16.5. The summed E-state index contributed by atoms with van der Waals surface area (Å²) in [4.78, 5) is 25.2. The number of fused-ring (bicyclic) bond motifs is 1. The van der Waals surface area contributed by atoms with Gasteiger partial charge in [-0.1, -0.05) is 30.3 Å². The summed E-state index contributed by atoms with van der Waals surface area (Å²) in [6, 6.07) is 10.5. The van der Waals surface area contributed by atoms with Crippen molar-refractivity contribution < 1.29 is 9.53 Å². The standard InChI is InChI=1S/C24H30N4O2/c29-24(25-19-11-14-30-15-12-19)18-8-5-13-28(16-18)23-20-9-4-10-21(20)26-22(27-23)17-6-2-1-3-7-17/h1-3,6-7,18-19H,4-5,8-16H2,(H,25,29). The van der Waals surface area contributed by atoms with Gasteiger partial charge in [0.1, 0.15) is 5.82 Å². The summed E-state index contributed by atoms with van der Waals surface area (Å²) in [6.45, 7) is 3.19. The zero-order chi connectivity index (χ0) is 20.3. The zero-order valence-corrected chi connectivity index (χ0v) is 17.5. The van der Waals surface area contributed by atoms with Gasteiger partial charge in [-0.2, -0.15) is 0 Å². The maximum atomic E-state index is 13.0. The quantitative estimate of drug-likeness (QED) is 0.845. The summed E-state index contributed by atoms with van der Waals surface area (Å²) in [5.41, 5.74) is 3.53. The number of ether oxygens (including phenoxy) is 1.